The summed E-state index contributed by atoms with van der Waals surface area (Å²) in [5.41, 5.74) is 8.37. The number of hydrogen-bond donors (Lipinski definition) is 1. The molecule has 92 valence electrons. The molecule has 3 rings (SSSR count). The highest BCUT2D eigenvalue weighted by atomic mass is 15.3. The molecule has 0 amide bonds. The lowest BCUT2D eigenvalue weighted by molar-refractivity contribution is 0.292. The van der Waals surface area contributed by atoms with Gasteiger partial charge in [0.05, 0.1) is 0 Å². The van der Waals surface area contributed by atoms with Crippen LogP contribution in [0.1, 0.15) is 12.0 Å². The van der Waals surface area contributed by atoms with Gasteiger partial charge in [0.2, 0.25) is 0 Å². The third-order valence-corrected chi connectivity index (χ3v) is 4.19. The summed E-state index contributed by atoms with van der Waals surface area (Å²) in [4.78, 5) is 5.07. The number of anilines is 1. The molecule has 2 aliphatic heterocycles. The molecule has 2 N–H and O–H groups in total. The van der Waals surface area contributed by atoms with Gasteiger partial charge in [-0.3, -0.25) is 4.90 Å². The van der Waals surface area contributed by atoms with Crippen molar-refractivity contribution in [3.8, 4) is 0 Å². The number of nitrogens with zero attached hydrogens (tertiary/aromatic N) is 2. The molecule has 0 aliphatic carbocycles. The molecule has 2 unspecified atom stereocenters. The number of benzene rings is 1. The quantitative estimate of drug-likeness (QED) is 0.845. The molecule has 2 bridgehead atoms. The lowest BCUT2D eigenvalue weighted by Gasteiger charge is -2.33. The first-order chi connectivity index (χ1) is 8.28. The van der Waals surface area contributed by atoms with Gasteiger partial charge in [-0.15, -0.1) is 0 Å². The van der Waals surface area contributed by atoms with Crippen LogP contribution in [0.2, 0.25) is 0 Å². The Balaban J connectivity index is 1.79. The Morgan fingerprint density at radius 2 is 2.18 bits per heavy atom. The van der Waals surface area contributed by atoms with E-state index in [2.05, 4.69) is 41.1 Å². The number of rotatable bonds is 3. The van der Waals surface area contributed by atoms with Crippen molar-refractivity contribution >= 4 is 5.69 Å². The second kappa shape index (κ2) is 4.31. The normalized spacial score (nSPS) is 28.0. The van der Waals surface area contributed by atoms with Crippen LogP contribution in [-0.2, 0) is 6.42 Å². The lowest BCUT2D eigenvalue weighted by Crippen LogP contribution is -2.44. The second-order valence-corrected chi connectivity index (χ2v) is 5.34. The van der Waals surface area contributed by atoms with Crippen molar-refractivity contribution in [2.75, 3.05) is 31.6 Å². The van der Waals surface area contributed by atoms with Gasteiger partial charge >= 0.3 is 0 Å². The molecule has 0 spiro atoms. The van der Waals surface area contributed by atoms with Crippen molar-refractivity contribution in [1.29, 1.82) is 0 Å². The van der Waals surface area contributed by atoms with Crippen LogP contribution in [0.5, 0.6) is 0 Å². The molecule has 1 aromatic rings. The maximum Gasteiger partial charge on any atom is 0.0433 e. The molecule has 3 nitrogen and oxygen atoms in total. The van der Waals surface area contributed by atoms with Crippen LogP contribution >= 0.6 is 0 Å². The van der Waals surface area contributed by atoms with Gasteiger partial charge in [0.1, 0.15) is 0 Å². The molecule has 3 heteroatoms. The fraction of sp³-hybridized carbons (Fsp3) is 0.571. The van der Waals surface area contributed by atoms with E-state index in [1.165, 1.54) is 30.8 Å². The van der Waals surface area contributed by atoms with Crippen LogP contribution in [-0.4, -0.2) is 43.7 Å². The average molecular weight is 231 g/mol. The Morgan fingerprint density at radius 3 is 2.82 bits per heavy atom. The molecule has 0 radical (unpaired) electrons. The molecule has 2 saturated heterocycles. The first-order valence-electron chi connectivity index (χ1n) is 6.54. The fourth-order valence-corrected chi connectivity index (χ4v) is 3.24. The first kappa shape index (κ1) is 11.1. The van der Waals surface area contributed by atoms with Gasteiger partial charge in [-0.1, -0.05) is 12.1 Å². The van der Waals surface area contributed by atoms with E-state index in [-0.39, 0.29) is 0 Å². The fourth-order valence-electron chi connectivity index (χ4n) is 3.24. The zero-order chi connectivity index (χ0) is 11.8. The molecule has 17 heavy (non-hydrogen) atoms. The van der Waals surface area contributed by atoms with Gasteiger partial charge in [-0.25, -0.2) is 0 Å². The van der Waals surface area contributed by atoms with E-state index in [1.807, 2.05) is 0 Å². The molecule has 2 heterocycles. The minimum absolute atomic E-state index is 0.720. The summed E-state index contributed by atoms with van der Waals surface area (Å²) < 4.78 is 0. The number of likely N-dealkylation sites (tertiary alicyclic amines) is 1. The summed E-state index contributed by atoms with van der Waals surface area (Å²) in [5, 5.41) is 0. The zero-order valence-electron chi connectivity index (χ0n) is 10.5. The molecular formula is C14H21N3. The number of piperazine rings is 1. The standard InChI is InChI=1S/C14H21N3/c1-16-9-14-8-13(16)10-17(14)12-4-2-3-11(7-12)5-6-15/h2-4,7,13-14H,5-6,8-10,15H2,1H3. The second-order valence-electron chi connectivity index (χ2n) is 5.34. The third-order valence-electron chi connectivity index (χ3n) is 4.19. The van der Waals surface area contributed by atoms with Crippen LogP contribution < -0.4 is 10.6 Å². The average Bonchev–Trinajstić information content (AvgIpc) is 2.88. The van der Waals surface area contributed by atoms with Gasteiger partial charge < -0.3 is 10.6 Å². The predicted molar refractivity (Wildman–Crippen MR) is 71.4 cm³/mol. The van der Waals surface area contributed by atoms with Crippen molar-refractivity contribution in [3.05, 3.63) is 29.8 Å². The summed E-state index contributed by atoms with van der Waals surface area (Å²) in [7, 11) is 2.24. The summed E-state index contributed by atoms with van der Waals surface area (Å²) in [5.74, 6) is 0. The van der Waals surface area contributed by atoms with Crippen molar-refractivity contribution in [3.63, 3.8) is 0 Å². The lowest BCUT2D eigenvalue weighted by atomic mass is 10.1. The van der Waals surface area contributed by atoms with E-state index in [9.17, 15) is 0 Å². The van der Waals surface area contributed by atoms with Crippen LogP contribution in [0.4, 0.5) is 5.69 Å². The molecule has 2 fully saturated rings. The van der Waals surface area contributed by atoms with Gasteiger partial charge in [-0.2, -0.15) is 0 Å². The largest absolute Gasteiger partial charge is 0.366 e. The Kier molecular flexibility index (Phi) is 2.81. The molecule has 2 aliphatic rings. The summed E-state index contributed by atoms with van der Waals surface area (Å²) in [6, 6.07) is 10.4. The Morgan fingerprint density at radius 1 is 1.29 bits per heavy atom. The van der Waals surface area contributed by atoms with Gasteiger partial charge in [-0.05, 0) is 44.1 Å². The maximum atomic E-state index is 5.62. The highest BCUT2D eigenvalue weighted by Crippen LogP contribution is 2.33. The van der Waals surface area contributed by atoms with Crippen molar-refractivity contribution in [1.82, 2.24) is 4.90 Å². The van der Waals surface area contributed by atoms with E-state index in [1.54, 1.807) is 0 Å². The molecule has 0 aromatic heterocycles. The summed E-state index contributed by atoms with van der Waals surface area (Å²) in [6.45, 7) is 3.14. The van der Waals surface area contributed by atoms with Crippen molar-refractivity contribution < 1.29 is 0 Å². The Labute approximate surface area is 103 Å². The number of likely N-dealkylation sites (N-methyl/N-ethyl adjacent to an activating group) is 1. The molecule has 0 saturated carbocycles. The van der Waals surface area contributed by atoms with Gasteiger partial charge in [0, 0.05) is 30.9 Å². The SMILES string of the molecule is CN1CC2CC1CN2c1cccc(CCN)c1. The van der Waals surface area contributed by atoms with Crippen LogP contribution in [0.3, 0.4) is 0 Å². The number of nitrogens with two attached hydrogens (primary N) is 1. The highest BCUT2D eigenvalue weighted by molar-refractivity contribution is 5.52. The summed E-state index contributed by atoms with van der Waals surface area (Å²) in [6.07, 6.45) is 2.31. The monoisotopic (exact) mass is 231 g/mol. The van der Waals surface area contributed by atoms with E-state index in [0.29, 0.717) is 0 Å². The smallest absolute Gasteiger partial charge is 0.0433 e. The Bertz CT molecular complexity index is 402. The number of fused-ring (bicyclic) bond motifs is 2. The van der Waals surface area contributed by atoms with Gasteiger partial charge in [0.25, 0.3) is 0 Å². The van der Waals surface area contributed by atoms with Crippen molar-refractivity contribution in [2.24, 2.45) is 5.73 Å². The predicted octanol–water partition coefficient (Wildman–Crippen LogP) is 1.08. The molecule has 1 aromatic carbocycles. The number of hydrogen-bond acceptors (Lipinski definition) is 3. The topological polar surface area (TPSA) is 32.5 Å². The van der Waals surface area contributed by atoms with E-state index < -0.39 is 0 Å². The minimum Gasteiger partial charge on any atom is -0.366 e. The minimum atomic E-state index is 0.720. The maximum absolute atomic E-state index is 5.62. The van der Waals surface area contributed by atoms with E-state index >= 15 is 0 Å². The summed E-state index contributed by atoms with van der Waals surface area (Å²) >= 11 is 0. The van der Waals surface area contributed by atoms with Crippen LogP contribution in [0.15, 0.2) is 24.3 Å². The van der Waals surface area contributed by atoms with E-state index in [4.69, 9.17) is 5.73 Å². The Hall–Kier alpha value is -1.06. The van der Waals surface area contributed by atoms with E-state index in [0.717, 1.165) is 25.0 Å². The van der Waals surface area contributed by atoms with Gasteiger partial charge in [0.15, 0.2) is 0 Å². The zero-order valence-corrected chi connectivity index (χ0v) is 10.5. The first-order valence-corrected chi connectivity index (χ1v) is 6.54. The van der Waals surface area contributed by atoms with Crippen molar-refractivity contribution in [2.45, 2.75) is 24.9 Å². The van der Waals surface area contributed by atoms with Crippen LogP contribution in [0, 0.1) is 0 Å². The third kappa shape index (κ3) is 1.94. The highest BCUT2D eigenvalue weighted by Gasteiger charge is 2.41. The molecule has 2 atom stereocenters. The molecular weight excluding hydrogens is 210 g/mol. The van der Waals surface area contributed by atoms with Crippen LogP contribution in [0.25, 0.3) is 0 Å².